The molecule has 1 aromatic carbocycles. The minimum absolute atomic E-state index is 0.0250. The average Bonchev–Trinajstić information content (AvgIpc) is 3.05. The van der Waals surface area contributed by atoms with Gasteiger partial charge < -0.3 is 14.5 Å². The van der Waals surface area contributed by atoms with Crippen molar-refractivity contribution in [3.63, 3.8) is 0 Å². The smallest absolute Gasteiger partial charge is 0.307 e. The van der Waals surface area contributed by atoms with Crippen molar-refractivity contribution in [3.05, 3.63) is 60.0 Å². The number of imidazole rings is 1. The molecule has 2 aromatic heterocycles. The first-order chi connectivity index (χ1) is 12.6. The zero-order valence-corrected chi connectivity index (χ0v) is 15.0. The number of anilines is 1. The molecule has 1 aliphatic rings. The van der Waals surface area contributed by atoms with Crippen LogP contribution in [0, 0.1) is 6.92 Å². The summed E-state index contributed by atoms with van der Waals surface area (Å²) in [6.07, 6.45) is 3.77. The Kier molecular flexibility index (Phi) is 4.38. The zero-order chi connectivity index (χ0) is 18.1. The van der Waals surface area contributed by atoms with Gasteiger partial charge in [-0.25, -0.2) is 4.98 Å². The molecular formula is C19H17N3O3S. The second-order valence-corrected chi connectivity index (χ2v) is 7.36. The van der Waals surface area contributed by atoms with Gasteiger partial charge in [0.15, 0.2) is 0 Å². The second-order valence-electron chi connectivity index (χ2n) is 6.11. The van der Waals surface area contributed by atoms with Gasteiger partial charge in [-0.1, -0.05) is 18.2 Å². The summed E-state index contributed by atoms with van der Waals surface area (Å²) in [5.41, 5.74) is 3.36. The van der Waals surface area contributed by atoms with E-state index >= 15 is 0 Å². The molecule has 7 heteroatoms. The highest BCUT2D eigenvalue weighted by Crippen LogP contribution is 2.36. The molecule has 0 saturated carbocycles. The van der Waals surface area contributed by atoms with Crippen LogP contribution < -0.4 is 5.32 Å². The highest BCUT2D eigenvalue weighted by Gasteiger charge is 2.29. The van der Waals surface area contributed by atoms with Crippen molar-refractivity contribution in [2.45, 2.75) is 30.1 Å². The number of aryl methyl sites for hydroxylation is 1. The molecule has 0 aliphatic carbocycles. The van der Waals surface area contributed by atoms with Gasteiger partial charge >= 0.3 is 5.97 Å². The number of amides is 1. The predicted molar refractivity (Wildman–Crippen MR) is 99.1 cm³/mol. The number of carbonyl (C=O) groups is 2. The third kappa shape index (κ3) is 3.30. The van der Waals surface area contributed by atoms with Crippen molar-refractivity contribution in [2.75, 3.05) is 5.32 Å². The molecule has 0 bridgehead atoms. The van der Waals surface area contributed by atoms with E-state index in [2.05, 4.69) is 10.3 Å². The number of hydrogen-bond acceptors (Lipinski definition) is 5. The molecule has 0 saturated heterocycles. The van der Waals surface area contributed by atoms with Gasteiger partial charge in [-0.3, -0.25) is 9.59 Å². The van der Waals surface area contributed by atoms with Gasteiger partial charge in [0.2, 0.25) is 5.91 Å². The van der Waals surface area contributed by atoms with Crippen LogP contribution >= 0.6 is 11.8 Å². The number of esters is 1. The number of thioether (sulfide) groups is 1. The van der Waals surface area contributed by atoms with E-state index in [4.69, 9.17) is 4.74 Å². The average molecular weight is 367 g/mol. The quantitative estimate of drug-likeness (QED) is 0.717. The van der Waals surface area contributed by atoms with Crippen LogP contribution in [0.5, 0.6) is 0 Å². The Morgan fingerprint density at radius 3 is 3.00 bits per heavy atom. The Hall–Kier alpha value is -2.80. The molecule has 6 nitrogen and oxygen atoms in total. The number of pyridine rings is 1. The molecule has 26 heavy (non-hydrogen) atoms. The highest BCUT2D eigenvalue weighted by molar-refractivity contribution is 8.01. The molecule has 1 N–H and O–H groups in total. The van der Waals surface area contributed by atoms with Gasteiger partial charge in [-0.05, 0) is 30.7 Å². The number of carbonyl (C=O) groups excluding carboxylic acids is 2. The van der Waals surface area contributed by atoms with Gasteiger partial charge in [0.05, 0.1) is 23.1 Å². The van der Waals surface area contributed by atoms with Crippen LogP contribution in [0.2, 0.25) is 0 Å². The van der Waals surface area contributed by atoms with Gasteiger partial charge in [-0.2, -0.15) is 0 Å². The van der Waals surface area contributed by atoms with Gasteiger partial charge in [0.25, 0.3) is 0 Å². The molecule has 1 atom stereocenters. The fraction of sp³-hybridized carbons (Fsp3) is 0.211. The lowest BCUT2D eigenvalue weighted by Gasteiger charge is -2.23. The van der Waals surface area contributed by atoms with E-state index in [1.54, 1.807) is 0 Å². The fourth-order valence-electron chi connectivity index (χ4n) is 2.87. The van der Waals surface area contributed by atoms with Gasteiger partial charge in [-0.15, -0.1) is 11.8 Å². The molecule has 1 aliphatic heterocycles. The summed E-state index contributed by atoms with van der Waals surface area (Å²) in [6, 6.07) is 11.5. The van der Waals surface area contributed by atoms with Crippen molar-refractivity contribution >= 4 is 35.0 Å². The van der Waals surface area contributed by atoms with Crippen LogP contribution in [0.25, 0.3) is 5.65 Å². The van der Waals surface area contributed by atoms with Crippen LogP contribution in [0.4, 0.5) is 5.69 Å². The number of benzene rings is 1. The number of ether oxygens (including phenoxy) is 1. The van der Waals surface area contributed by atoms with E-state index in [1.165, 1.54) is 11.8 Å². The zero-order valence-electron chi connectivity index (χ0n) is 14.1. The van der Waals surface area contributed by atoms with E-state index in [9.17, 15) is 9.59 Å². The maximum Gasteiger partial charge on any atom is 0.307 e. The van der Waals surface area contributed by atoms with Crippen LogP contribution in [0.1, 0.15) is 17.7 Å². The van der Waals surface area contributed by atoms with E-state index in [1.807, 2.05) is 60.1 Å². The van der Waals surface area contributed by atoms with E-state index in [-0.39, 0.29) is 18.9 Å². The molecule has 0 radical (unpaired) electrons. The van der Waals surface area contributed by atoms with E-state index in [0.29, 0.717) is 5.69 Å². The molecule has 0 unspecified atom stereocenters. The van der Waals surface area contributed by atoms with Crippen molar-refractivity contribution in [3.8, 4) is 0 Å². The number of para-hydroxylation sites is 1. The Balaban J connectivity index is 1.38. The number of aromatic nitrogens is 2. The number of nitrogens with one attached hydrogen (secondary N) is 1. The molecule has 3 aromatic rings. The van der Waals surface area contributed by atoms with E-state index in [0.717, 1.165) is 21.8 Å². The third-order valence-corrected chi connectivity index (χ3v) is 5.44. The summed E-state index contributed by atoms with van der Waals surface area (Å²) in [7, 11) is 0. The minimum Gasteiger partial charge on any atom is -0.459 e. The lowest BCUT2D eigenvalue weighted by Crippen LogP contribution is -2.31. The number of hydrogen-bond donors (Lipinski definition) is 1. The lowest BCUT2D eigenvalue weighted by atomic mass is 10.2. The number of rotatable bonds is 4. The molecular weight excluding hydrogens is 350 g/mol. The third-order valence-electron chi connectivity index (χ3n) is 4.17. The lowest BCUT2D eigenvalue weighted by molar-refractivity contribution is -0.145. The first-order valence-electron chi connectivity index (χ1n) is 8.25. The molecule has 3 heterocycles. The normalized spacial score (nSPS) is 16.2. The van der Waals surface area contributed by atoms with Crippen LogP contribution in [0.3, 0.4) is 0 Å². The predicted octanol–water partition coefficient (Wildman–Crippen LogP) is 3.19. The summed E-state index contributed by atoms with van der Waals surface area (Å²) in [5, 5.41) is 2.34. The highest BCUT2D eigenvalue weighted by atomic mass is 32.2. The number of fused-ring (bicyclic) bond motifs is 2. The molecule has 0 fully saturated rings. The summed E-state index contributed by atoms with van der Waals surface area (Å²) in [5.74, 6) is -0.584. The Labute approximate surface area is 154 Å². The van der Waals surface area contributed by atoms with Crippen LogP contribution in [-0.4, -0.2) is 26.5 Å². The molecule has 132 valence electrons. The van der Waals surface area contributed by atoms with Gasteiger partial charge in [0, 0.05) is 17.3 Å². The van der Waals surface area contributed by atoms with Crippen molar-refractivity contribution in [1.29, 1.82) is 0 Å². The molecule has 1 amide bonds. The molecule has 4 rings (SSSR count). The van der Waals surface area contributed by atoms with Crippen molar-refractivity contribution in [2.24, 2.45) is 0 Å². The second kappa shape index (κ2) is 6.84. The monoisotopic (exact) mass is 367 g/mol. The van der Waals surface area contributed by atoms with E-state index < -0.39 is 11.2 Å². The van der Waals surface area contributed by atoms with Gasteiger partial charge in [0.1, 0.15) is 12.3 Å². The molecule has 0 spiro atoms. The summed E-state index contributed by atoms with van der Waals surface area (Å²) in [4.78, 5) is 29.8. The Morgan fingerprint density at radius 2 is 2.15 bits per heavy atom. The summed E-state index contributed by atoms with van der Waals surface area (Å²) < 4.78 is 7.23. The SMILES string of the molecule is Cc1cccn2cc(COC(=O)C[C@@H]3Sc4ccccc4NC3=O)nc12. The fourth-order valence-corrected chi connectivity index (χ4v) is 3.96. The van der Waals surface area contributed by atoms with Crippen molar-refractivity contribution in [1.82, 2.24) is 9.38 Å². The first-order valence-corrected chi connectivity index (χ1v) is 9.13. The largest absolute Gasteiger partial charge is 0.459 e. The standard InChI is InChI=1S/C19H17N3O3S/c1-12-5-4-8-22-10-13(20-18(12)22)11-25-17(23)9-16-19(24)21-14-6-2-3-7-15(14)26-16/h2-8,10,16H,9,11H2,1H3,(H,21,24)/t16-/m0/s1. The Bertz CT molecular complexity index is 999. The van der Waals surface area contributed by atoms with Crippen LogP contribution in [0.15, 0.2) is 53.7 Å². The number of nitrogens with zero attached hydrogens (tertiary/aromatic N) is 2. The minimum atomic E-state index is -0.485. The topological polar surface area (TPSA) is 72.7 Å². The Morgan fingerprint density at radius 1 is 1.31 bits per heavy atom. The van der Waals surface area contributed by atoms with Crippen molar-refractivity contribution < 1.29 is 14.3 Å². The van der Waals surface area contributed by atoms with Crippen LogP contribution in [-0.2, 0) is 20.9 Å². The maximum absolute atomic E-state index is 12.2. The first kappa shape index (κ1) is 16.7. The maximum atomic E-state index is 12.2. The summed E-state index contributed by atoms with van der Waals surface area (Å²) in [6.45, 7) is 2.07. The summed E-state index contributed by atoms with van der Waals surface area (Å²) >= 11 is 1.39.